The van der Waals surface area contributed by atoms with E-state index in [4.69, 9.17) is 16.9 Å². The summed E-state index contributed by atoms with van der Waals surface area (Å²) in [5.41, 5.74) is 9.12. The zero-order valence-corrected chi connectivity index (χ0v) is 17.8. The molecule has 5 heterocycles. The van der Waals surface area contributed by atoms with E-state index in [1.54, 1.807) is 35.1 Å². The molecule has 1 aliphatic heterocycles. The van der Waals surface area contributed by atoms with Gasteiger partial charge in [-0.3, -0.25) is 0 Å². The molecule has 34 heavy (non-hydrogen) atoms. The van der Waals surface area contributed by atoms with Crippen LogP contribution in [0.25, 0.3) is 16.7 Å². The predicted octanol–water partition coefficient (Wildman–Crippen LogP) is 2.13. The average molecular weight is 450 g/mol. The minimum Gasteiger partial charge on any atom is -0.456 e. The molecule has 0 amide bonds. The van der Waals surface area contributed by atoms with E-state index in [2.05, 4.69) is 41.3 Å². The summed E-state index contributed by atoms with van der Waals surface area (Å²) >= 11 is 0. The van der Waals surface area contributed by atoms with Crippen LogP contribution < -0.4 is 20.7 Å². The predicted molar refractivity (Wildman–Crippen MR) is 126 cm³/mol. The molecule has 3 N–H and O–H groups in total. The third-order valence-corrected chi connectivity index (χ3v) is 5.44. The third-order valence-electron chi connectivity index (χ3n) is 5.44. The fraction of sp³-hybridized carbons (Fsp3) is 0.130. The van der Waals surface area contributed by atoms with Crippen molar-refractivity contribution in [2.75, 3.05) is 23.3 Å². The Kier molecular flexibility index (Phi) is 4.64. The molecule has 166 valence electrons. The number of anilines is 3. The molecule has 0 unspecified atom stereocenters. The largest absolute Gasteiger partial charge is 0.456 e. The van der Waals surface area contributed by atoms with Gasteiger partial charge in [0.2, 0.25) is 5.95 Å². The fourth-order valence-electron chi connectivity index (χ4n) is 3.70. The van der Waals surface area contributed by atoms with Gasteiger partial charge in [0.1, 0.15) is 35.2 Å². The fourth-order valence-corrected chi connectivity index (χ4v) is 3.70. The van der Waals surface area contributed by atoms with Crippen molar-refractivity contribution in [1.29, 1.82) is 0 Å². The molecule has 0 bridgehead atoms. The van der Waals surface area contributed by atoms with Gasteiger partial charge in [-0.2, -0.15) is 5.10 Å². The Morgan fingerprint density at radius 1 is 1.09 bits per heavy atom. The molecule has 1 fully saturated rings. The smallest absolute Gasteiger partial charge is 0.226 e. The molecule has 1 aromatic carbocycles. The summed E-state index contributed by atoms with van der Waals surface area (Å²) in [7, 11) is 0. The van der Waals surface area contributed by atoms with Gasteiger partial charge in [0.15, 0.2) is 11.5 Å². The number of nitrogens with zero attached hydrogens (tertiary/aromatic N) is 8. The number of nitrogens with two attached hydrogens (primary N) is 1. The molecule has 0 aliphatic carbocycles. The molecule has 1 saturated heterocycles. The summed E-state index contributed by atoms with van der Waals surface area (Å²) in [6.45, 7) is 1.44. The normalized spacial score (nSPS) is 13.6. The van der Waals surface area contributed by atoms with Gasteiger partial charge in [-0.25, -0.2) is 29.4 Å². The zero-order chi connectivity index (χ0) is 23.1. The van der Waals surface area contributed by atoms with E-state index in [1.807, 2.05) is 17.0 Å². The van der Waals surface area contributed by atoms with Gasteiger partial charge in [0.25, 0.3) is 0 Å². The number of terminal acetylenes is 1. The van der Waals surface area contributed by atoms with Gasteiger partial charge in [0.05, 0.1) is 11.8 Å². The highest BCUT2D eigenvalue weighted by Crippen LogP contribution is 2.30. The monoisotopic (exact) mass is 450 g/mol. The van der Waals surface area contributed by atoms with E-state index in [9.17, 15) is 0 Å². The SMILES string of the molecule is C#Cc1cc(Nc2ncnc3cnc(N4CC(N)C4)nc23)ccc1Oc1ccn2ncnc2c1. The van der Waals surface area contributed by atoms with Crippen LogP contribution in [0, 0.1) is 12.3 Å². The Bertz CT molecular complexity index is 1570. The third kappa shape index (κ3) is 3.58. The first-order chi connectivity index (χ1) is 16.7. The summed E-state index contributed by atoms with van der Waals surface area (Å²) < 4.78 is 7.66. The van der Waals surface area contributed by atoms with Crippen molar-refractivity contribution < 1.29 is 4.74 Å². The maximum absolute atomic E-state index is 6.01. The van der Waals surface area contributed by atoms with Crippen molar-refractivity contribution >= 4 is 34.1 Å². The number of ether oxygens (including phenoxy) is 1. The molecular formula is C23H18N10O. The second-order valence-corrected chi connectivity index (χ2v) is 7.80. The van der Waals surface area contributed by atoms with Crippen molar-refractivity contribution in [2.45, 2.75) is 6.04 Å². The molecule has 5 aromatic rings. The second-order valence-electron chi connectivity index (χ2n) is 7.80. The van der Waals surface area contributed by atoms with Gasteiger partial charge >= 0.3 is 0 Å². The first kappa shape index (κ1) is 19.8. The van der Waals surface area contributed by atoms with Gasteiger partial charge in [-0.15, -0.1) is 6.42 Å². The maximum atomic E-state index is 6.01. The highest BCUT2D eigenvalue weighted by molar-refractivity contribution is 5.87. The molecule has 4 aromatic heterocycles. The molecule has 11 nitrogen and oxygen atoms in total. The van der Waals surface area contributed by atoms with Crippen LogP contribution in [0.15, 0.2) is 55.4 Å². The zero-order valence-electron chi connectivity index (χ0n) is 17.8. The topological polar surface area (TPSA) is 132 Å². The van der Waals surface area contributed by atoms with E-state index in [-0.39, 0.29) is 6.04 Å². The number of rotatable bonds is 5. The number of hydrogen-bond donors (Lipinski definition) is 2. The van der Waals surface area contributed by atoms with Crippen LogP contribution in [0.3, 0.4) is 0 Å². The summed E-state index contributed by atoms with van der Waals surface area (Å²) in [4.78, 5) is 23.9. The molecule has 11 heteroatoms. The molecule has 6 rings (SSSR count). The van der Waals surface area contributed by atoms with Crippen molar-refractivity contribution in [3.63, 3.8) is 0 Å². The molecule has 0 spiro atoms. The lowest BCUT2D eigenvalue weighted by Crippen LogP contribution is -2.56. The number of aromatic nitrogens is 7. The number of pyridine rings is 1. The van der Waals surface area contributed by atoms with E-state index >= 15 is 0 Å². The first-order valence-corrected chi connectivity index (χ1v) is 10.5. The van der Waals surface area contributed by atoms with E-state index in [0.29, 0.717) is 45.5 Å². The summed E-state index contributed by atoms with van der Waals surface area (Å²) in [5, 5.41) is 7.37. The van der Waals surface area contributed by atoms with Crippen molar-refractivity contribution in [3.05, 3.63) is 60.9 Å². The minimum atomic E-state index is 0.144. The van der Waals surface area contributed by atoms with Gasteiger partial charge in [-0.05, 0) is 24.3 Å². The van der Waals surface area contributed by atoms with Crippen LogP contribution in [0.4, 0.5) is 17.5 Å². The first-order valence-electron chi connectivity index (χ1n) is 10.5. The van der Waals surface area contributed by atoms with Gasteiger partial charge in [0, 0.05) is 37.1 Å². The Morgan fingerprint density at radius 3 is 2.85 bits per heavy atom. The number of fused-ring (bicyclic) bond motifs is 2. The van der Waals surface area contributed by atoms with Gasteiger partial charge < -0.3 is 20.7 Å². The highest BCUT2D eigenvalue weighted by atomic mass is 16.5. The van der Waals surface area contributed by atoms with E-state index in [0.717, 1.165) is 18.8 Å². The maximum Gasteiger partial charge on any atom is 0.226 e. The van der Waals surface area contributed by atoms with E-state index < -0.39 is 0 Å². The molecule has 1 aliphatic rings. The summed E-state index contributed by atoms with van der Waals surface area (Å²) in [6.07, 6.45) is 12.2. The Balaban J connectivity index is 1.28. The highest BCUT2D eigenvalue weighted by Gasteiger charge is 2.25. The van der Waals surface area contributed by atoms with Crippen molar-refractivity contribution in [2.24, 2.45) is 5.73 Å². The molecule has 0 radical (unpaired) electrons. The lowest BCUT2D eigenvalue weighted by Gasteiger charge is -2.36. The Morgan fingerprint density at radius 2 is 2.00 bits per heavy atom. The van der Waals surface area contributed by atoms with Crippen LogP contribution in [-0.2, 0) is 0 Å². The molecule has 0 atom stereocenters. The van der Waals surface area contributed by atoms with Crippen LogP contribution >= 0.6 is 0 Å². The van der Waals surface area contributed by atoms with Crippen LogP contribution in [0.2, 0.25) is 0 Å². The average Bonchev–Trinajstić information content (AvgIpc) is 3.31. The van der Waals surface area contributed by atoms with Crippen LogP contribution in [0.1, 0.15) is 5.56 Å². The standard InChI is InChI=1S/C23H18N10O/c1-2-14-7-16(3-4-19(14)34-17-5-6-33-20(8-17)27-13-29-33)30-22-21-18(26-12-28-22)9-25-23(31-21)32-10-15(24)11-32/h1,3-9,12-13,15H,10-11,24H2,(H,26,28,30). The summed E-state index contributed by atoms with van der Waals surface area (Å²) in [6, 6.07) is 9.20. The number of benzene rings is 1. The number of hydrogen-bond acceptors (Lipinski definition) is 10. The second kappa shape index (κ2) is 7.95. The number of nitrogens with one attached hydrogen (secondary N) is 1. The van der Waals surface area contributed by atoms with Gasteiger partial charge in [-0.1, -0.05) is 5.92 Å². The lowest BCUT2D eigenvalue weighted by molar-refractivity contribution is 0.481. The quantitative estimate of drug-likeness (QED) is 0.384. The Labute approximate surface area is 193 Å². The molecular weight excluding hydrogens is 432 g/mol. The van der Waals surface area contributed by atoms with Crippen LogP contribution in [0.5, 0.6) is 11.5 Å². The summed E-state index contributed by atoms with van der Waals surface area (Å²) in [5.74, 6) is 4.98. The van der Waals surface area contributed by atoms with Crippen molar-refractivity contribution in [1.82, 2.24) is 34.5 Å². The Hall–Kier alpha value is -4.82. The van der Waals surface area contributed by atoms with Crippen LogP contribution in [-0.4, -0.2) is 53.7 Å². The molecule has 0 saturated carbocycles. The lowest BCUT2D eigenvalue weighted by atomic mass is 10.1. The van der Waals surface area contributed by atoms with Crippen molar-refractivity contribution in [3.8, 4) is 23.8 Å². The minimum absolute atomic E-state index is 0.144. The van der Waals surface area contributed by atoms with E-state index in [1.165, 1.54) is 12.7 Å².